The first kappa shape index (κ1) is 30.5. The smallest absolute Gasteiger partial charge is 0.408 e. The van der Waals surface area contributed by atoms with E-state index in [0.717, 1.165) is 11.1 Å². The molecular formula is C34H36N4O6. The van der Waals surface area contributed by atoms with Gasteiger partial charge in [0.2, 0.25) is 0 Å². The minimum Gasteiger partial charge on any atom is -0.497 e. The molecule has 1 fully saturated rings. The number of amides is 3. The van der Waals surface area contributed by atoms with E-state index in [-0.39, 0.29) is 11.7 Å². The molecule has 0 bridgehead atoms. The Kier molecular flexibility index (Phi) is 8.55. The van der Waals surface area contributed by atoms with Crippen molar-refractivity contribution in [2.24, 2.45) is 0 Å². The summed E-state index contributed by atoms with van der Waals surface area (Å²) in [5.74, 6) is -0.526. The van der Waals surface area contributed by atoms with Crippen LogP contribution in [-0.2, 0) is 14.3 Å². The maximum absolute atomic E-state index is 14.1. The summed E-state index contributed by atoms with van der Waals surface area (Å²) in [6, 6.07) is 22.1. The average molecular weight is 597 g/mol. The summed E-state index contributed by atoms with van der Waals surface area (Å²) in [5, 5.41) is 8.81. The van der Waals surface area contributed by atoms with Crippen LogP contribution in [0.4, 0.5) is 4.79 Å². The number of methoxy groups -OCH3 is 1. The van der Waals surface area contributed by atoms with Crippen LogP contribution < -0.4 is 15.4 Å². The van der Waals surface area contributed by atoms with Gasteiger partial charge in [0.1, 0.15) is 17.4 Å². The molecule has 3 aromatic carbocycles. The number of hydrazine groups is 1. The molecule has 228 valence electrons. The summed E-state index contributed by atoms with van der Waals surface area (Å²) in [6.45, 7) is 6.80. The lowest BCUT2D eigenvalue weighted by Crippen LogP contribution is -2.45. The second-order valence-electron chi connectivity index (χ2n) is 11.7. The van der Waals surface area contributed by atoms with E-state index >= 15 is 0 Å². The number of carbonyl (C=O) groups excluding carboxylic acids is 4. The number of benzene rings is 3. The van der Waals surface area contributed by atoms with Gasteiger partial charge in [-0.1, -0.05) is 60.7 Å². The first-order chi connectivity index (χ1) is 21.0. The van der Waals surface area contributed by atoms with Crippen LogP contribution in [0.25, 0.3) is 0 Å². The summed E-state index contributed by atoms with van der Waals surface area (Å²) < 4.78 is 10.7. The number of fused-ring (bicyclic) bond motifs is 1. The van der Waals surface area contributed by atoms with Gasteiger partial charge in [0.25, 0.3) is 11.8 Å². The zero-order valence-electron chi connectivity index (χ0n) is 25.3. The molecule has 2 aliphatic rings. The molecular weight excluding hydrogens is 560 g/mol. The van der Waals surface area contributed by atoms with Gasteiger partial charge in [-0.2, -0.15) is 5.01 Å². The quantitative estimate of drug-likeness (QED) is 0.387. The number of ether oxygens (including phenoxy) is 2. The SMILES string of the molecule is COc1ccc([C@@H]2C(C(=O)[C@H](C)NC(=O)OC(C)(C)C)=CN3C(=O)[C@@H](NC(=O)c4ccccc4)[C@H](c4ccccc4)N23)cc1. The molecule has 0 aromatic heterocycles. The van der Waals surface area contributed by atoms with E-state index < -0.39 is 41.8 Å². The maximum Gasteiger partial charge on any atom is 0.408 e. The largest absolute Gasteiger partial charge is 0.497 e. The van der Waals surface area contributed by atoms with E-state index in [9.17, 15) is 19.2 Å². The van der Waals surface area contributed by atoms with Crippen molar-refractivity contribution in [2.45, 2.75) is 57.5 Å². The molecule has 3 aromatic rings. The standard InChI is InChI=1S/C34H36N4O6/c1-21(35-33(42)44-34(2,3)4)30(39)26-20-37-32(41)27(36-31(40)24-14-10-7-11-15-24)29(22-12-8-6-9-13-22)38(37)28(26)23-16-18-25(43-5)19-17-23/h6-21,27-29H,1-5H3,(H,35,42)(H,36,40)/t21-,27-,28+,29-/m0/s1. The molecule has 10 nitrogen and oxygen atoms in total. The number of hydrogen-bond donors (Lipinski definition) is 2. The highest BCUT2D eigenvalue weighted by Gasteiger charge is 2.55. The molecule has 0 aliphatic carbocycles. The summed E-state index contributed by atoms with van der Waals surface area (Å²) in [6.07, 6.45) is 0.790. The molecule has 2 aliphatic heterocycles. The molecule has 0 spiro atoms. The normalized spacial score (nSPS) is 20.4. The number of Topliss-reactive ketones (excluding diaryl/α,β-unsaturated/α-hetero) is 1. The summed E-state index contributed by atoms with van der Waals surface area (Å²) in [4.78, 5) is 53.9. The molecule has 0 saturated carbocycles. The van der Waals surface area contributed by atoms with Crippen molar-refractivity contribution >= 4 is 23.7 Å². The highest BCUT2D eigenvalue weighted by molar-refractivity contribution is 6.04. The lowest BCUT2D eigenvalue weighted by Gasteiger charge is -2.33. The van der Waals surface area contributed by atoms with Crippen LogP contribution >= 0.6 is 0 Å². The first-order valence-electron chi connectivity index (χ1n) is 14.4. The van der Waals surface area contributed by atoms with Gasteiger partial charge in [-0.3, -0.25) is 14.4 Å². The molecule has 0 radical (unpaired) electrons. The van der Waals surface area contributed by atoms with Gasteiger partial charge >= 0.3 is 6.09 Å². The fraction of sp³-hybridized carbons (Fsp3) is 0.294. The van der Waals surface area contributed by atoms with Crippen LogP contribution in [0.2, 0.25) is 0 Å². The van der Waals surface area contributed by atoms with E-state index in [0.29, 0.717) is 16.9 Å². The second-order valence-corrected chi connectivity index (χ2v) is 11.7. The van der Waals surface area contributed by atoms with E-state index in [4.69, 9.17) is 9.47 Å². The van der Waals surface area contributed by atoms with Gasteiger partial charge in [0, 0.05) is 17.3 Å². The molecule has 2 N–H and O–H groups in total. The molecule has 2 heterocycles. The van der Waals surface area contributed by atoms with Gasteiger partial charge in [0.15, 0.2) is 5.78 Å². The van der Waals surface area contributed by atoms with Gasteiger partial charge < -0.3 is 20.1 Å². The van der Waals surface area contributed by atoms with Crippen molar-refractivity contribution in [1.29, 1.82) is 0 Å². The van der Waals surface area contributed by atoms with Gasteiger partial charge in [-0.05, 0) is 63.1 Å². The Balaban J connectivity index is 1.55. The van der Waals surface area contributed by atoms with Gasteiger partial charge in [-0.15, -0.1) is 0 Å². The van der Waals surface area contributed by atoms with Crippen LogP contribution in [0, 0.1) is 0 Å². The van der Waals surface area contributed by atoms with E-state index in [2.05, 4.69) is 10.6 Å². The Bertz CT molecular complexity index is 1570. The van der Waals surface area contributed by atoms with Gasteiger partial charge in [-0.25, -0.2) is 9.80 Å². The minimum atomic E-state index is -0.948. The summed E-state index contributed by atoms with van der Waals surface area (Å²) in [7, 11) is 1.57. The lowest BCUT2D eigenvalue weighted by molar-refractivity contribution is -0.134. The van der Waals surface area contributed by atoms with Gasteiger partial charge in [0.05, 0.1) is 25.2 Å². The van der Waals surface area contributed by atoms with Crippen LogP contribution in [0.15, 0.2) is 96.7 Å². The molecule has 1 saturated heterocycles. The van der Waals surface area contributed by atoms with Crippen molar-refractivity contribution in [1.82, 2.24) is 20.7 Å². The minimum absolute atomic E-state index is 0.306. The molecule has 5 rings (SSSR count). The highest BCUT2D eigenvalue weighted by atomic mass is 16.6. The highest BCUT2D eigenvalue weighted by Crippen LogP contribution is 2.48. The predicted molar refractivity (Wildman–Crippen MR) is 163 cm³/mol. The van der Waals surface area contributed by atoms with Crippen LogP contribution in [0.5, 0.6) is 5.75 Å². The van der Waals surface area contributed by atoms with Crippen molar-refractivity contribution < 1.29 is 28.7 Å². The Morgan fingerprint density at radius 2 is 1.48 bits per heavy atom. The molecule has 0 unspecified atom stereocenters. The predicted octanol–water partition coefficient (Wildman–Crippen LogP) is 4.72. The second kappa shape index (κ2) is 12.3. The number of nitrogens with zero attached hydrogens (tertiary/aromatic N) is 2. The lowest BCUT2D eigenvalue weighted by atomic mass is 9.90. The molecule has 4 atom stereocenters. The Labute approximate surface area is 256 Å². The number of nitrogens with one attached hydrogen (secondary N) is 2. The third-order valence-electron chi connectivity index (χ3n) is 7.47. The zero-order valence-corrected chi connectivity index (χ0v) is 25.3. The van der Waals surface area contributed by atoms with Crippen LogP contribution in [0.3, 0.4) is 0 Å². The Morgan fingerprint density at radius 3 is 2.07 bits per heavy atom. The average Bonchev–Trinajstić information content (AvgIpc) is 3.51. The third kappa shape index (κ3) is 6.21. The maximum atomic E-state index is 14.1. The Hall–Kier alpha value is -4.96. The topological polar surface area (TPSA) is 117 Å². The van der Waals surface area contributed by atoms with Crippen LogP contribution in [0.1, 0.15) is 61.3 Å². The number of carbonyl (C=O) groups is 4. The number of rotatable bonds is 8. The number of alkyl carbamates (subject to hydrolysis) is 1. The summed E-state index contributed by atoms with van der Waals surface area (Å²) in [5.41, 5.74) is 1.49. The van der Waals surface area contributed by atoms with E-state index in [1.54, 1.807) is 71.2 Å². The fourth-order valence-electron chi connectivity index (χ4n) is 5.51. The number of ketones is 1. The van der Waals surface area contributed by atoms with Crippen molar-refractivity contribution in [3.63, 3.8) is 0 Å². The molecule has 10 heteroatoms. The molecule has 3 amide bonds. The first-order valence-corrected chi connectivity index (χ1v) is 14.4. The fourth-order valence-corrected chi connectivity index (χ4v) is 5.51. The zero-order chi connectivity index (χ0) is 31.6. The van der Waals surface area contributed by atoms with Crippen molar-refractivity contribution in [3.8, 4) is 5.75 Å². The van der Waals surface area contributed by atoms with E-state index in [1.165, 1.54) is 11.2 Å². The van der Waals surface area contributed by atoms with Crippen LogP contribution in [-0.4, -0.2) is 58.5 Å². The number of hydrogen-bond acceptors (Lipinski definition) is 7. The van der Waals surface area contributed by atoms with E-state index in [1.807, 2.05) is 53.5 Å². The monoisotopic (exact) mass is 596 g/mol. The third-order valence-corrected chi connectivity index (χ3v) is 7.47. The summed E-state index contributed by atoms with van der Waals surface area (Å²) >= 11 is 0. The van der Waals surface area contributed by atoms with Crippen molar-refractivity contribution in [2.75, 3.05) is 7.11 Å². The Morgan fingerprint density at radius 1 is 0.864 bits per heavy atom. The van der Waals surface area contributed by atoms with Crippen molar-refractivity contribution in [3.05, 3.63) is 113 Å². The molecule has 44 heavy (non-hydrogen) atoms.